The molecule has 0 amide bonds. The zero-order valence-electron chi connectivity index (χ0n) is 9.34. The molecule has 1 aromatic rings. The zero-order valence-corrected chi connectivity index (χ0v) is 9.34. The lowest BCUT2D eigenvalue weighted by atomic mass is 10.1. The van der Waals surface area contributed by atoms with E-state index in [1.54, 1.807) is 6.26 Å². The van der Waals surface area contributed by atoms with Crippen molar-refractivity contribution in [2.45, 2.75) is 31.8 Å². The molecule has 3 rings (SSSR count). The maximum absolute atomic E-state index is 5.64. The van der Waals surface area contributed by atoms with Gasteiger partial charge in [-0.25, -0.2) is 0 Å². The van der Waals surface area contributed by atoms with Crippen LogP contribution in [0.4, 0.5) is 0 Å². The number of benzene rings is 1. The Morgan fingerprint density at radius 2 is 1.81 bits per heavy atom. The molecule has 2 aliphatic rings. The fraction of sp³-hybridized carbons (Fsp3) is 0.385. The van der Waals surface area contributed by atoms with Crippen molar-refractivity contribution >= 4 is 0 Å². The summed E-state index contributed by atoms with van der Waals surface area (Å²) < 4.78 is 16.6. The van der Waals surface area contributed by atoms with Gasteiger partial charge < -0.3 is 14.2 Å². The van der Waals surface area contributed by atoms with Crippen LogP contribution < -0.4 is 0 Å². The molecule has 16 heavy (non-hydrogen) atoms. The molecule has 0 N–H and O–H groups in total. The molecule has 1 fully saturated rings. The van der Waals surface area contributed by atoms with Crippen molar-refractivity contribution in [2.75, 3.05) is 0 Å². The molecule has 0 aromatic heterocycles. The van der Waals surface area contributed by atoms with Gasteiger partial charge in [0.1, 0.15) is 18.5 Å². The maximum atomic E-state index is 5.64. The van der Waals surface area contributed by atoms with E-state index in [-0.39, 0.29) is 12.2 Å². The zero-order chi connectivity index (χ0) is 11.2. The van der Waals surface area contributed by atoms with Crippen LogP contribution in [0.1, 0.15) is 25.5 Å². The minimum absolute atomic E-state index is 0.0178. The summed E-state index contributed by atoms with van der Waals surface area (Å²) >= 11 is 0. The van der Waals surface area contributed by atoms with E-state index in [2.05, 4.69) is 12.1 Å². The Morgan fingerprint density at radius 1 is 1.06 bits per heavy atom. The number of hydrogen-bond donors (Lipinski definition) is 0. The van der Waals surface area contributed by atoms with Gasteiger partial charge in [-0.2, -0.15) is 0 Å². The Bertz CT molecular complexity index is 422. The third-order valence-corrected chi connectivity index (χ3v) is 2.72. The van der Waals surface area contributed by atoms with Gasteiger partial charge in [0, 0.05) is 13.8 Å². The predicted octanol–water partition coefficient (Wildman–Crippen LogP) is 2.75. The second-order valence-corrected chi connectivity index (χ2v) is 4.53. The normalized spacial score (nSPS) is 30.2. The van der Waals surface area contributed by atoms with Crippen LogP contribution in [-0.4, -0.2) is 11.9 Å². The number of rotatable bonds is 2. The fourth-order valence-electron chi connectivity index (χ4n) is 1.88. The first kappa shape index (κ1) is 9.73. The minimum Gasteiger partial charge on any atom is -0.457 e. The largest absolute Gasteiger partial charge is 0.457 e. The van der Waals surface area contributed by atoms with Crippen molar-refractivity contribution in [3.05, 3.63) is 47.9 Å². The van der Waals surface area contributed by atoms with E-state index in [9.17, 15) is 0 Å². The molecule has 0 saturated carbocycles. The van der Waals surface area contributed by atoms with Gasteiger partial charge in [-0.05, 0) is 5.56 Å². The molecular formula is C13H14O3. The molecule has 1 aromatic carbocycles. The molecule has 2 aliphatic heterocycles. The molecule has 2 unspecified atom stereocenters. The molecule has 3 heteroatoms. The Labute approximate surface area is 94.6 Å². The highest BCUT2D eigenvalue weighted by Crippen LogP contribution is 2.46. The first-order chi connectivity index (χ1) is 7.66. The summed E-state index contributed by atoms with van der Waals surface area (Å²) in [4.78, 5) is 0. The van der Waals surface area contributed by atoms with E-state index < -0.39 is 5.79 Å². The summed E-state index contributed by atoms with van der Waals surface area (Å²) in [5.41, 5.74) is 1.18. The molecule has 0 aliphatic carbocycles. The highest BCUT2D eigenvalue weighted by molar-refractivity contribution is 5.27. The van der Waals surface area contributed by atoms with E-state index in [1.807, 2.05) is 32.0 Å². The van der Waals surface area contributed by atoms with Crippen molar-refractivity contribution in [3.63, 3.8) is 0 Å². The molecule has 0 radical (unpaired) electrons. The van der Waals surface area contributed by atoms with Gasteiger partial charge in [0.2, 0.25) is 5.79 Å². The van der Waals surface area contributed by atoms with Gasteiger partial charge in [-0.15, -0.1) is 0 Å². The number of epoxide rings is 1. The Kier molecular flexibility index (Phi) is 1.98. The van der Waals surface area contributed by atoms with Gasteiger partial charge >= 0.3 is 0 Å². The van der Waals surface area contributed by atoms with Crippen LogP contribution in [-0.2, 0) is 14.2 Å². The Hall–Kier alpha value is -1.48. The topological polar surface area (TPSA) is 31.0 Å². The van der Waals surface area contributed by atoms with Gasteiger partial charge in [0.25, 0.3) is 0 Å². The van der Waals surface area contributed by atoms with Crippen LogP contribution in [0.25, 0.3) is 0 Å². The van der Waals surface area contributed by atoms with Crippen molar-refractivity contribution in [3.8, 4) is 0 Å². The fourth-order valence-corrected chi connectivity index (χ4v) is 1.88. The van der Waals surface area contributed by atoms with Gasteiger partial charge in [-0.1, -0.05) is 30.3 Å². The molecule has 0 bridgehead atoms. The highest BCUT2D eigenvalue weighted by atomic mass is 16.7. The first-order valence-electron chi connectivity index (χ1n) is 5.43. The van der Waals surface area contributed by atoms with Crippen LogP contribution >= 0.6 is 0 Å². The molecule has 84 valence electrons. The summed E-state index contributed by atoms with van der Waals surface area (Å²) in [5.74, 6) is 0.238. The van der Waals surface area contributed by atoms with Gasteiger partial charge in [-0.3, -0.25) is 0 Å². The van der Waals surface area contributed by atoms with Gasteiger partial charge in [0.05, 0.1) is 0 Å². The first-order valence-corrected chi connectivity index (χ1v) is 5.43. The van der Waals surface area contributed by atoms with E-state index in [1.165, 1.54) is 5.56 Å². The Morgan fingerprint density at radius 3 is 2.44 bits per heavy atom. The molecule has 2 heterocycles. The Balaban J connectivity index is 1.70. The van der Waals surface area contributed by atoms with Crippen LogP contribution in [0.2, 0.25) is 0 Å². The summed E-state index contributed by atoms with van der Waals surface area (Å²) in [6.45, 7) is 3.77. The van der Waals surface area contributed by atoms with Crippen molar-refractivity contribution < 1.29 is 14.2 Å². The van der Waals surface area contributed by atoms with Crippen LogP contribution in [0.15, 0.2) is 42.4 Å². The van der Waals surface area contributed by atoms with Crippen LogP contribution in [0.3, 0.4) is 0 Å². The minimum atomic E-state index is -0.553. The second kappa shape index (κ2) is 3.25. The number of ether oxygens (including phenoxy) is 3. The maximum Gasteiger partial charge on any atom is 0.244 e. The molecule has 3 nitrogen and oxygen atoms in total. The van der Waals surface area contributed by atoms with Crippen molar-refractivity contribution in [1.29, 1.82) is 0 Å². The van der Waals surface area contributed by atoms with Crippen molar-refractivity contribution in [1.82, 2.24) is 0 Å². The lowest BCUT2D eigenvalue weighted by Crippen LogP contribution is -2.21. The molecule has 2 atom stereocenters. The molecule has 1 saturated heterocycles. The third kappa shape index (κ3) is 1.67. The predicted molar refractivity (Wildman–Crippen MR) is 58.4 cm³/mol. The lowest BCUT2D eigenvalue weighted by molar-refractivity contribution is -0.118. The molecule has 0 spiro atoms. The van der Waals surface area contributed by atoms with Crippen LogP contribution in [0, 0.1) is 0 Å². The number of hydrogen-bond acceptors (Lipinski definition) is 3. The SMILES string of the molecule is CC1(C)OC=C(C2OC2c2ccccc2)O1. The van der Waals surface area contributed by atoms with E-state index in [0.717, 1.165) is 5.76 Å². The average molecular weight is 218 g/mol. The summed E-state index contributed by atoms with van der Waals surface area (Å²) in [7, 11) is 0. The molecular weight excluding hydrogens is 204 g/mol. The monoisotopic (exact) mass is 218 g/mol. The second-order valence-electron chi connectivity index (χ2n) is 4.53. The quantitative estimate of drug-likeness (QED) is 0.715. The van der Waals surface area contributed by atoms with Gasteiger partial charge in [0.15, 0.2) is 5.76 Å². The van der Waals surface area contributed by atoms with Crippen molar-refractivity contribution in [2.24, 2.45) is 0 Å². The highest BCUT2D eigenvalue weighted by Gasteiger charge is 2.48. The standard InChI is InChI=1S/C13H14O3/c1-13(2)14-8-10(16-13)12-11(15-12)9-6-4-3-5-7-9/h3-8,11-12H,1-2H3. The average Bonchev–Trinajstić information content (AvgIpc) is 2.99. The third-order valence-electron chi connectivity index (χ3n) is 2.72. The summed E-state index contributed by atoms with van der Waals surface area (Å²) in [6.07, 6.45) is 1.79. The van der Waals surface area contributed by atoms with E-state index in [4.69, 9.17) is 14.2 Å². The lowest BCUT2D eigenvalue weighted by Gasteiger charge is -2.17. The summed E-state index contributed by atoms with van der Waals surface area (Å²) in [6, 6.07) is 10.1. The summed E-state index contributed by atoms with van der Waals surface area (Å²) in [5, 5.41) is 0. The van der Waals surface area contributed by atoms with E-state index in [0.29, 0.717) is 0 Å². The van der Waals surface area contributed by atoms with E-state index >= 15 is 0 Å². The smallest absolute Gasteiger partial charge is 0.244 e. The van der Waals surface area contributed by atoms with Crippen LogP contribution in [0.5, 0.6) is 0 Å².